The first-order chi connectivity index (χ1) is 8.16. The van der Waals surface area contributed by atoms with Gasteiger partial charge in [0, 0.05) is 22.8 Å². The fourth-order valence-corrected chi connectivity index (χ4v) is 2.88. The fourth-order valence-electron chi connectivity index (χ4n) is 2.02. The van der Waals surface area contributed by atoms with Crippen LogP contribution >= 0.6 is 11.3 Å². The molecule has 0 amide bonds. The maximum Gasteiger partial charge on any atom is 0.0303 e. The van der Waals surface area contributed by atoms with Gasteiger partial charge in [-0.2, -0.15) is 0 Å². The number of nitrogens with one attached hydrogen (secondary N) is 1. The van der Waals surface area contributed by atoms with Crippen molar-refractivity contribution in [1.82, 2.24) is 5.32 Å². The first-order valence-corrected chi connectivity index (χ1v) is 6.79. The zero-order valence-corrected chi connectivity index (χ0v) is 11.5. The number of hydrogen-bond acceptors (Lipinski definition) is 2. The number of thiophene rings is 1. The molecule has 90 valence electrons. The summed E-state index contributed by atoms with van der Waals surface area (Å²) in [6.07, 6.45) is 0. The van der Waals surface area contributed by atoms with Crippen molar-refractivity contribution in [3.63, 3.8) is 0 Å². The van der Waals surface area contributed by atoms with Gasteiger partial charge in [-0.1, -0.05) is 18.2 Å². The van der Waals surface area contributed by atoms with Crippen LogP contribution in [0.4, 0.5) is 0 Å². The van der Waals surface area contributed by atoms with E-state index in [1.807, 2.05) is 11.3 Å². The van der Waals surface area contributed by atoms with Crippen LogP contribution < -0.4 is 5.32 Å². The lowest BCUT2D eigenvalue weighted by molar-refractivity contribution is 0.695. The fraction of sp³-hybridized carbons (Fsp3) is 0.333. The summed E-state index contributed by atoms with van der Waals surface area (Å²) in [7, 11) is 0. The monoisotopic (exact) mass is 245 g/mol. The first-order valence-electron chi connectivity index (χ1n) is 5.98. The predicted molar refractivity (Wildman–Crippen MR) is 75.5 cm³/mol. The third-order valence-corrected chi connectivity index (χ3v) is 4.04. The molecule has 0 aliphatic heterocycles. The lowest BCUT2D eigenvalue weighted by Gasteiger charge is -2.10. The van der Waals surface area contributed by atoms with Gasteiger partial charge in [0.05, 0.1) is 0 Å². The second-order valence-corrected chi connectivity index (χ2v) is 5.86. The van der Waals surface area contributed by atoms with Crippen molar-refractivity contribution < 1.29 is 0 Å². The molecule has 0 atom stereocenters. The van der Waals surface area contributed by atoms with E-state index < -0.39 is 0 Å². The van der Waals surface area contributed by atoms with Crippen molar-refractivity contribution in [3.8, 4) is 0 Å². The predicted octanol–water partition coefficient (Wildman–Crippen LogP) is 3.96. The van der Waals surface area contributed by atoms with Gasteiger partial charge in [-0.15, -0.1) is 11.3 Å². The Labute approximate surface area is 108 Å². The van der Waals surface area contributed by atoms with Gasteiger partial charge in [0.15, 0.2) is 0 Å². The number of hydrogen-bond donors (Lipinski definition) is 1. The second kappa shape index (κ2) is 5.48. The van der Waals surface area contributed by atoms with Crippen LogP contribution in [0.2, 0.25) is 0 Å². The third kappa shape index (κ3) is 3.18. The van der Waals surface area contributed by atoms with E-state index in [4.69, 9.17) is 0 Å². The van der Waals surface area contributed by atoms with Crippen LogP contribution in [-0.2, 0) is 13.1 Å². The van der Waals surface area contributed by atoms with Crippen molar-refractivity contribution in [2.75, 3.05) is 0 Å². The molecule has 0 aliphatic carbocycles. The van der Waals surface area contributed by atoms with E-state index in [2.05, 4.69) is 56.4 Å². The average Bonchev–Trinajstić information content (AvgIpc) is 2.69. The molecule has 0 unspecified atom stereocenters. The molecule has 1 heterocycles. The molecular formula is C15H19NS. The second-order valence-electron chi connectivity index (χ2n) is 4.49. The zero-order valence-electron chi connectivity index (χ0n) is 10.7. The van der Waals surface area contributed by atoms with Crippen molar-refractivity contribution in [2.45, 2.75) is 33.9 Å². The molecule has 0 bridgehead atoms. The van der Waals surface area contributed by atoms with Gasteiger partial charge in [0.25, 0.3) is 0 Å². The van der Waals surface area contributed by atoms with E-state index in [1.165, 1.54) is 26.4 Å². The highest BCUT2D eigenvalue weighted by atomic mass is 32.1. The maximum atomic E-state index is 3.52. The Kier molecular flexibility index (Phi) is 3.97. The lowest BCUT2D eigenvalue weighted by Crippen LogP contribution is -2.13. The molecule has 1 nitrogen and oxygen atoms in total. The van der Waals surface area contributed by atoms with Crippen LogP contribution in [0.1, 0.15) is 26.4 Å². The van der Waals surface area contributed by atoms with Crippen molar-refractivity contribution in [3.05, 3.63) is 56.8 Å². The summed E-state index contributed by atoms with van der Waals surface area (Å²) in [5.74, 6) is 0. The van der Waals surface area contributed by atoms with Crippen LogP contribution in [0.25, 0.3) is 0 Å². The topological polar surface area (TPSA) is 12.0 Å². The highest BCUT2D eigenvalue weighted by Gasteiger charge is 2.02. The zero-order chi connectivity index (χ0) is 12.3. The molecule has 0 aliphatic rings. The maximum absolute atomic E-state index is 3.52. The summed E-state index contributed by atoms with van der Waals surface area (Å²) in [6, 6.07) is 10.9. The Morgan fingerprint density at radius 1 is 0.941 bits per heavy atom. The molecule has 2 aromatic rings. The smallest absolute Gasteiger partial charge is 0.0303 e. The summed E-state index contributed by atoms with van der Waals surface area (Å²) in [4.78, 5) is 2.79. The van der Waals surface area contributed by atoms with E-state index in [-0.39, 0.29) is 0 Å². The SMILES string of the molecule is Cc1ccc(CNCc2c(C)cccc2C)s1. The molecule has 0 saturated carbocycles. The van der Waals surface area contributed by atoms with Crippen LogP contribution in [0.3, 0.4) is 0 Å². The Hall–Kier alpha value is -1.12. The molecule has 0 radical (unpaired) electrons. The quantitative estimate of drug-likeness (QED) is 0.859. The summed E-state index contributed by atoms with van der Waals surface area (Å²) in [5.41, 5.74) is 4.18. The number of benzene rings is 1. The first kappa shape index (κ1) is 12.3. The van der Waals surface area contributed by atoms with Crippen LogP contribution in [0.15, 0.2) is 30.3 Å². The Morgan fingerprint density at radius 2 is 1.65 bits per heavy atom. The lowest BCUT2D eigenvalue weighted by atomic mass is 10.0. The van der Waals surface area contributed by atoms with Crippen molar-refractivity contribution in [1.29, 1.82) is 0 Å². The van der Waals surface area contributed by atoms with E-state index in [0.717, 1.165) is 13.1 Å². The highest BCUT2D eigenvalue weighted by Crippen LogP contribution is 2.16. The van der Waals surface area contributed by atoms with Gasteiger partial charge in [0.2, 0.25) is 0 Å². The van der Waals surface area contributed by atoms with Crippen molar-refractivity contribution in [2.24, 2.45) is 0 Å². The number of aryl methyl sites for hydroxylation is 3. The summed E-state index contributed by atoms with van der Waals surface area (Å²) in [6.45, 7) is 8.43. The normalized spacial score (nSPS) is 10.8. The van der Waals surface area contributed by atoms with E-state index in [0.29, 0.717) is 0 Å². The van der Waals surface area contributed by atoms with Gasteiger partial charge in [0.1, 0.15) is 0 Å². The van der Waals surface area contributed by atoms with Gasteiger partial charge >= 0.3 is 0 Å². The van der Waals surface area contributed by atoms with Gasteiger partial charge in [-0.3, -0.25) is 0 Å². The molecule has 0 spiro atoms. The Bertz CT molecular complexity index is 479. The molecule has 0 saturated heterocycles. The summed E-state index contributed by atoms with van der Waals surface area (Å²) in [5, 5.41) is 3.52. The number of rotatable bonds is 4. The Morgan fingerprint density at radius 3 is 2.24 bits per heavy atom. The Balaban J connectivity index is 1.94. The van der Waals surface area contributed by atoms with Gasteiger partial charge < -0.3 is 5.32 Å². The molecule has 17 heavy (non-hydrogen) atoms. The largest absolute Gasteiger partial charge is 0.308 e. The average molecular weight is 245 g/mol. The van der Waals surface area contributed by atoms with Crippen LogP contribution in [0.5, 0.6) is 0 Å². The highest BCUT2D eigenvalue weighted by molar-refractivity contribution is 7.11. The molecule has 2 rings (SSSR count). The molecule has 1 aromatic carbocycles. The van der Waals surface area contributed by atoms with Crippen LogP contribution in [-0.4, -0.2) is 0 Å². The summed E-state index contributed by atoms with van der Waals surface area (Å²) >= 11 is 1.87. The van der Waals surface area contributed by atoms with Gasteiger partial charge in [-0.05, 0) is 49.6 Å². The molecule has 1 aromatic heterocycles. The minimum atomic E-state index is 0.954. The van der Waals surface area contributed by atoms with E-state index in [1.54, 1.807) is 0 Å². The summed E-state index contributed by atoms with van der Waals surface area (Å²) < 4.78 is 0. The minimum Gasteiger partial charge on any atom is -0.308 e. The third-order valence-electron chi connectivity index (χ3n) is 3.04. The van der Waals surface area contributed by atoms with Crippen molar-refractivity contribution >= 4 is 11.3 Å². The van der Waals surface area contributed by atoms with Crippen LogP contribution in [0, 0.1) is 20.8 Å². The standard InChI is InChI=1S/C15H19NS/c1-11-5-4-6-12(2)15(11)10-16-9-14-8-7-13(3)17-14/h4-8,16H,9-10H2,1-3H3. The van der Waals surface area contributed by atoms with E-state index in [9.17, 15) is 0 Å². The van der Waals surface area contributed by atoms with Gasteiger partial charge in [-0.25, -0.2) is 0 Å². The molecular weight excluding hydrogens is 226 g/mol. The molecule has 1 N–H and O–H groups in total. The molecule has 0 fully saturated rings. The minimum absolute atomic E-state index is 0.954. The molecule has 2 heteroatoms. The van der Waals surface area contributed by atoms with E-state index >= 15 is 0 Å².